The van der Waals surface area contributed by atoms with Gasteiger partial charge in [0.05, 0.1) is 11.3 Å². The van der Waals surface area contributed by atoms with Crippen LogP contribution >= 0.6 is 38.5 Å². The Bertz CT molecular complexity index is 1370. The smallest absolute Gasteiger partial charge is 0.328 e. The fraction of sp³-hybridized carbons (Fsp3) is 0.167. The number of aliphatic carboxylic acids is 1. The first-order valence-corrected chi connectivity index (χ1v) is 12.0. The van der Waals surface area contributed by atoms with Crippen molar-refractivity contribution >= 4 is 77.0 Å². The minimum Gasteiger partial charge on any atom is -0.480 e. The van der Waals surface area contributed by atoms with Gasteiger partial charge in [-0.25, -0.2) is 17.8 Å². The van der Waals surface area contributed by atoms with Gasteiger partial charge >= 0.3 is 5.97 Å². The summed E-state index contributed by atoms with van der Waals surface area (Å²) < 4.78 is 51.4. The van der Waals surface area contributed by atoms with E-state index in [1.54, 1.807) is 28.7 Å². The van der Waals surface area contributed by atoms with Crippen molar-refractivity contribution in [3.05, 3.63) is 58.1 Å². The summed E-state index contributed by atoms with van der Waals surface area (Å²) in [5, 5.41) is 9.72. The van der Waals surface area contributed by atoms with Crippen LogP contribution in [0.3, 0.4) is 0 Å². The predicted molar refractivity (Wildman–Crippen MR) is 119 cm³/mol. The van der Waals surface area contributed by atoms with Crippen LogP contribution < -0.4 is 4.53 Å². The Balaban J connectivity index is 1.76. The number of carboxylic acid groups (broad SMARTS) is 1. The molecule has 13 heteroatoms. The molecular weight excluding hydrogens is 615 g/mol. The van der Waals surface area contributed by atoms with E-state index in [1.165, 1.54) is 12.4 Å². The molecule has 1 fully saturated rings. The monoisotopic (exact) mass is 625 g/mol. The molecule has 2 N–H and O–H groups in total. The number of H-pyrrole nitrogens is 1. The number of aromatic amines is 1. The molecule has 31 heavy (non-hydrogen) atoms. The number of pyridine rings is 1. The number of benzene rings is 1. The maximum atomic E-state index is 14.9. The van der Waals surface area contributed by atoms with E-state index in [2.05, 4.69) is 25.9 Å². The summed E-state index contributed by atoms with van der Waals surface area (Å²) in [6.45, 7) is 0. The molecule has 4 rings (SSSR count). The van der Waals surface area contributed by atoms with Crippen LogP contribution in [-0.4, -0.2) is 43.9 Å². The number of halogens is 4. The Morgan fingerprint density at radius 2 is 2.00 bits per heavy atom. The van der Waals surface area contributed by atoms with E-state index in [9.17, 15) is 32.0 Å². The molecule has 0 saturated heterocycles. The number of carbonyl (C=O) groups is 2. The lowest BCUT2D eigenvalue weighted by Gasteiger charge is -2.20. The number of fused-ring (bicyclic) bond motifs is 1. The molecule has 2 aromatic heterocycles. The molecule has 162 valence electrons. The Kier molecular flexibility index (Phi) is 5.33. The molecule has 1 aliphatic rings. The maximum absolute atomic E-state index is 14.9. The fourth-order valence-electron chi connectivity index (χ4n) is 3.20. The molecule has 1 aliphatic carbocycles. The third-order valence-corrected chi connectivity index (χ3v) is 9.54. The van der Waals surface area contributed by atoms with Crippen molar-refractivity contribution in [1.82, 2.24) is 9.97 Å². The Morgan fingerprint density at radius 3 is 2.61 bits per heavy atom. The number of nitrogens with one attached hydrogen (secondary N) is 1. The summed E-state index contributed by atoms with van der Waals surface area (Å²) >= 11 is 4.85. The number of rotatable bonds is 6. The average molecular weight is 626 g/mol. The van der Waals surface area contributed by atoms with Crippen molar-refractivity contribution in [2.75, 3.05) is 4.53 Å². The molecule has 2 atom stereocenters. The third-order valence-electron chi connectivity index (χ3n) is 5.00. The van der Waals surface area contributed by atoms with Crippen LogP contribution in [0.25, 0.3) is 11.0 Å². The summed E-state index contributed by atoms with van der Waals surface area (Å²) in [7, 11) is -4.97. The number of ketones is 1. The highest BCUT2D eigenvalue weighted by molar-refractivity contribution is 14.1. The van der Waals surface area contributed by atoms with Crippen molar-refractivity contribution in [1.29, 1.82) is 0 Å². The summed E-state index contributed by atoms with van der Waals surface area (Å²) in [5.74, 6) is -3.50. The second kappa shape index (κ2) is 7.48. The molecule has 8 nitrogen and oxygen atoms in total. The van der Waals surface area contributed by atoms with Crippen LogP contribution in [0.5, 0.6) is 0 Å². The molecular formula is C18H11BrF2IN3O5S. The van der Waals surface area contributed by atoms with Gasteiger partial charge in [-0.1, -0.05) is 27.1 Å². The summed E-state index contributed by atoms with van der Waals surface area (Å²) in [4.78, 5) is 31.3. The Morgan fingerprint density at radius 1 is 1.32 bits per heavy atom. The van der Waals surface area contributed by atoms with E-state index in [0.29, 0.717) is 15.5 Å². The second-order valence-electron chi connectivity index (χ2n) is 6.83. The van der Waals surface area contributed by atoms with Crippen molar-refractivity contribution in [2.45, 2.75) is 15.1 Å². The minimum atomic E-state index is -4.97. The summed E-state index contributed by atoms with van der Waals surface area (Å²) in [6.07, 6.45) is 2.54. The second-order valence-corrected chi connectivity index (χ2v) is 11.3. The molecule has 0 spiro atoms. The van der Waals surface area contributed by atoms with E-state index >= 15 is 0 Å². The van der Waals surface area contributed by atoms with E-state index in [1.807, 2.05) is 0 Å². The average Bonchev–Trinajstić information content (AvgIpc) is 3.26. The summed E-state index contributed by atoms with van der Waals surface area (Å²) in [5.41, 5.74) is -0.852. The van der Waals surface area contributed by atoms with Crippen molar-refractivity contribution in [2.24, 2.45) is 0 Å². The van der Waals surface area contributed by atoms with E-state index < -0.39 is 52.0 Å². The topological polar surface area (TPSA) is 120 Å². The lowest BCUT2D eigenvalue weighted by Crippen LogP contribution is -2.43. The number of carboxylic acids is 1. The van der Waals surface area contributed by atoms with Gasteiger partial charge in [-0.2, -0.15) is 0 Å². The van der Waals surface area contributed by atoms with Crippen LogP contribution in [0, 0.1) is 5.82 Å². The Hall–Kier alpha value is -2.13. The minimum absolute atomic E-state index is 0.0460. The molecule has 3 aromatic rings. The molecule has 0 radical (unpaired) electrons. The largest absolute Gasteiger partial charge is 0.480 e. The molecule has 1 saturated carbocycles. The molecule has 2 heterocycles. The third kappa shape index (κ3) is 3.33. The molecule has 1 aromatic carbocycles. The molecule has 2 unspecified atom stereocenters. The highest BCUT2D eigenvalue weighted by Gasteiger charge is 2.71. The zero-order chi connectivity index (χ0) is 22.7. The number of nitrogens with zero attached hydrogens (tertiary/aromatic N) is 2. The molecule has 0 amide bonds. The van der Waals surface area contributed by atoms with Gasteiger partial charge in [-0.3, -0.25) is 9.59 Å². The number of sulfonamides is 1. The quantitative estimate of drug-likeness (QED) is 0.186. The van der Waals surface area contributed by atoms with Crippen LogP contribution in [0.15, 0.2) is 41.1 Å². The first-order valence-electron chi connectivity index (χ1n) is 8.55. The number of hydrogen-bond donors (Lipinski definition) is 2. The number of carbonyl (C=O) groups excluding carboxylic acids is 1. The van der Waals surface area contributed by atoms with Gasteiger partial charge in [-0.05, 0) is 46.6 Å². The molecule has 0 bridgehead atoms. The lowest BCUT2D eigenvalue weighted by atomic mass is 10.0. The SMILES string of the molecule is O=C(c1cc(N(F)S(=O)(=O)C2(C(=O)O)CC2I)ccc1F)c1c[nH]c2ncc(Br)cc12. The highest BCUT2D eigenvalue weighted by Crippen LogP contribution is 2.52. The first kappa shape index (κ1) is 22.1. The predicted octanol–water partition coefficient (Wildman–Crippen LogP) is 3.75. The molecule has 0 aliphatic heterocycles. The van der Waals surface area contributed by atoms with Crippen LogP contribution in [0.1, 0.15) is 22.3 Å². The van der Waals surface area contributed by atoms with Crippen molar-refractivity contribution in [3.63, 3.8) is 0 Å². The number of alkyl halides is 1. The maximum Gasteiger partial charge on any atom is 0.328 e. The van der Waals surface area contributed by atoms with E-state index in [0.717, 1.165) is 18.2 Å². The normalized spacial score (nSPS) is 20.6. The van der Waals surface area contributed by atoms with E-state index in [4.69, 9.17) is 0 Å². The number of hydrogen-bond acceptors (Lipinski definition) is 5. The van der Waals surface area contributed by atoms with Crippen LogP contribution in [0.2, 0.25) is 0 Å². The number of aromatic nitrogens is 2. The highest BCUT2D eigenvalue weighted by atomic mass is 127. The van der Waals surface area contributed by atoms with Gasteiger partial charge in [0.25, 0.3) is 10.0 Å². The van der Waals surface area contributed by atoms with Crippen molar-refractivity contribution < 1.29 is 32.0 Å². The van der Waals surface area contributed by atoms with Gasteiger partial charge in [0, 0.05) is 31.7 Å². The zero-order valence-electron chi connectivity index (χ0n) is 15.1. The van der Waals surface area contributed by atoms with Gasteiger partial charge in [0.2, 0.25) is 4.75 Å². The van der Waals surface area contributed by atoms with Gasteiger partial charge in [0.1, 0.15) is 11.5 Å². The van der Waals surface area contributed by atoms with E-state index in [-0.39, 0.29) is 12.0 Å². The van der Waals surface area contributed by atoms with Gasteiger partial charge < -0.3 is 10.1 Å². The Labute approximate surface area is 195 Å². The fourth-order valence-corrected chi connectivity index (χ4v) is 7.35. The standard InChI is InChI=1S/C18H11BrF2IN3O5S/c19-8-3-10-12(7-24-16(10)23-6-8)15(26)11-4-9(1-2-13(11)20)25(21)31(29,30)18(17(27)28)5-14(18)22/h1-4,6-7,14H,5H2,(H,23,24)(H,27,28). The number of anilines is 1. The zero-order valence-corrected chi connectivity index (χ0v) is 19.7. The van der Waals surface area contributed by atoms with Crippen LogP contribution in [0.4, 0.5) is 14.6 Å². The van der Waals surface area contributed by atoms with Crippen LogP contribution in [-0.2, 0) is 14.8 Å². The van der Waals surface area contributed by atoms with Crippen molar-refractivity contribution in [3.8, 4) is 0 Å². The summed E-state index contributed by atoms with van der Waals surface area (Å²) in [6, 6.07) is 3.89. The van der Waals surface area contributed by atoms with Gasteiger partial charge in [-0.15, -0.1) is 4.53 Å². The van der Waals surface area contributed by atoms with Gasteiger partial charge in [0.15, 0.2) is 5.78 Å². The first-order chi connectivity index (χ1) is 14.5. The lowest BCUT2D eigenvalue weighted by molar-refractivity contribution is -0.137.